The molecule has 3 amide bonds. The zero-order valence-corrected chi connectivity index (χ0v) is 19.0. The van der Waals surface area contributed by atoms with Gasteiger partial charge in [0.25, 0.3) is 17.7 Å². The number of hydrogen-bond acceptors (Lipinski definition) is 10. The molecule has 12 heteroatoms. The summed E-state index contributed by atoms with van der Waals surface area (Å²) < 4.78 is 0. The fourth-order valence-corrected chi connectivity index (χ4v) is 4.91. The van der Waals surface area contributed by atoms with E-state index in [1.807, 2.05) is 12.1 Å². The lowest BCUT2D eigenvalue weighted by molar-refractivity contribution is -0.124. The molecule has 3 heterocycles. The van der Waals surface area contributed by atoms with Crippen molar-refractivity contribution in [1.29, 1.82) is 0 Å². The fourth-order valence-electron chi connectivity index (χ4n) is 4.36. The topological polar surface area (TPSA) is 147 Å². The third-order valence-corrected chi connectivity index (χ3v) is 6.65. The number of oxime groups is 1. The van der Waals surface area contributed by atoms with Gasteiger partial charge in [0.15, 0.2) is 10.8 Å². The van der Waals surface area contributed by atoms with Gasteiger partial charge in [0.05, 0.1) is 11.1 Å². The van der Waals surface area contributed by atoms with Crippen LogP contribution in [0.1, 0.15) is 26.4 Å². The number of nitrogen functional groups attached to an aromatic ring is 1. The number of amides is 3. The van der Waals surface area contributed by atoms with Crippen LogP contribution in [-0.2, 0) is 9.63 Å². The summed E-state index contributed by atoms with van der Waals surface area (Å²) >= 11 is 1.22. The van der Waals surface area contributed by atoms with Crippen LogP contribution in [0.3, 0.4) is 0 Å². The van der Waals surface area contributed by atoms with Crippen LogP contribution in [0, 0.1) is 0 Å². The largest absolute Gasteiger partial charge is 0.398 e. The van der Waals surface area contributed by atoms with E-state index in [4.69, 9.17) is 16.4 Å². The summed E-state index contributed by atoms with van der Waals surface area (Å²) in [6.07, 6.45) is 0. The van der Waals surface area contributed by atoms with Gasteiger partial charge < -0.3 is 20.4 Å². The molecule has 0 bridgehead atoms. The van der Waals surface area contributed by atoms with Crippen LogP contribution in [0.15, 0.2) is 40.9 Å². The maximum atomic E-state index is 13.1. The summed E-state index contributed by atoms with van der Waals surface area (Å²) in [6.45, 7) is 1.99. The molecule has 0 aliphatic carbocycles. The van der Waals surface area contributed by atoms with Crippen molar-refractivity contribution in [2.45, 2.75) is 0 Å². The lowest BCUT2D eigenvalue weighted by Crippen LogP contribution is -2.51. The summed E-state index contributed by atoms with van der Waals surface area (Å²) in [6, 6.07) is 8.89. The number of rotatable bonds is 4. The molecule has 0 unspecified atom stereocenters. The molecule has 0 radical (unpaired) electrons. The highest BCUT2D eigenvalue weighted by atomic mass is 32.1. The second kappa shape index (κ2) is 8.39. The first kappa shape index (κ1) is 21.8. The summed E-state index contributed by atoms with van der Waals surface area (Å²) in [4.78, 5) is 51.0. The maximum absolute atomic E-state index is 13.1. The van der Waals surface area contributed by atoms with Gasteiger partial charge in [-0.1, -0.05) is 17.3 Å². The average molecular weight is 480 g/mol. The molecular weight excluding hydrogens is 458 g/mol. The van der Waals surface area contributed by atoms with Gasteiger partial charge in [0, 0.05) is 48.0 Å². The van der Waals surface area contributed by atoms with Gasteiger partial charge in [-0.15, -0.1) is 11.3 Å². The zero-order valence-electron chi connectivity index (χ0n) is 18.2. The summed E-state index contributed by atoms with van der Waals surface area (Å²) in [5.41, 5.74) is 7.87. The quantitative estimate of drug-likeness (QED) is 0.186. The molecular formula is C22H21N7O4S. The van der Waals surface area contributed by atoms with Crippen LogP contribution in [0.25, 0.3) is 10.8 Å². The first-order valence-electron chi connectivity index (χ1n) is 10.5. The molecule has 0 spiro atoms. The highest BCUT2D eigenvalue weighted by Gasteiger charge is 2.33. The van der Waals surface area contributed by atoms with E-state index >= 15 is 0 Å². The van der Waals surface area contributed by atoms with Crippen molar-refractivity contribution in [2.24, 2.45) is 11.0 Å². The second-order valence-electron chi connectivity index (χ2n) is 7.81. The molecule has 2 aliphatic rings. The fraction of sp³-hybridized carbons (Fsp3) is 0.227. The van der Waals surface area contributed by atoms with E-state index in [0.29, 0.717) is 58.5 Å². The Hall–Kier alpha value is -4.03. The number of carbonyl (C=O) groups excluding carboxylic acids is 3. The van der Waals surface area contributed by atoms with E-state index in [0.717, 1.165) is 11.1 Å². The van der Waals surface area contributed by atoms with Gasteiger partial charge >= 0.3 is 0 Å². The van der Waals surface area contributed by atoms with E-state index in [1.54, 1.807) is 28.5 Å². The highest BCUT2D eigenvalue weighted by Crippen LogP contribution is 2.35. The predicted molar refractivity (Wildman–Crippen MR) is 128 cm³/mol. The van der Waals surface area contributed by atoms with Crippen LogP contribution in [0.5, 0.6) is 0 Å². The number of imide groups is 1. The van der Waals surface area contributed by atoms with Crippen LogP contribution in [-0.4, -0.2) is 71.6 Å². The van der Waals surface area contributed by atoms with Crippen molar-refractivity contribution in [3.05, 3.63) is 52.5 Å². The summed E-state index contributed by atoms with van der Waals surface area (Å²) in [5.74, 6) is 4.34. The Morgan fingerprint density at radius 1 is 1.09 bits per heavy atom. The average Bonchev–Trinajstić information content (AvgIpc) is 3.29. The number of hydrazine groups is 1. The van der Waals surface area contributed by atoms with Gasteiger partial charge in [0.2, 0.25) is 0 Å². The van der Waals surface area contributed by atoms with Crippen LogP contribution in [0.2, 0.25) is 0 Å². The van der Waals surface area contributed by atoms with Crippen molar-refractivity contribution in [1.82, 2.24) is 14.9 Å². The lowest BCUT2D eigenvalue weighted by atomic mass is 9.93. The van der Waals surface area contributed by atoms with Gasteiger partial charge in [0.1, 0.15) is 12.8 Å². The SMILES string of the molecule is CO/N=C(\C(=O)N1CCN(c2ccc3c4c(cccc24)C(=O)N(N)C3=O)CC1)c1csc(N)n1. The Morgan fingerprint density at radius 2 is 1.79 bits per heavy atom. The standard InChI is InChI=1S/C22H21N7O4S/c1-33-26-18(15-11-34-22(23)25-15)21(32)28-9-7-27(8-10-28)16-6-5-14-17-12(16)3-2-4-13(17)19(30)29(24)20(14)31/h2-6,11H,7-10,24H2,1H3,(H2,23,25)/b26-18-. The Kier molecular flexibility index (Phi) is 5.38. The van der Waals surface area contributed by atoms with Crippen molar-refractivity contribution in [3.8, 4) is 0 Å². The van der Waals surface area contributed by atoms with Crippen LogP contribution < -0.4 is 16.5 Å². The first-order chi connectivity index (χ1) is 16.4. The minimum atomic E-state index is -0.525. The summed E-state index contributed by atoms with van der Waals surface area (Å²) in [7, 11) is 1.37. The predicted octanol–water partition coefficient (Wildman–Crippen LogP) is 1.05. The van der Waals surface area contributed by atoms with Crippen molar-refractivity contribution < 1.29 is 19.2 Å². The molecule has 0 saturated carbocycles. The van der Waals surface area contributed by atoms with Gasteiger partial charge in [-0.3, -0.25) is 14.4 Å². The minimum Gasteiger partial charge on any atom is -0.398 e. The molecule has 1 saturated heterocycles. The molecule has 3 aromatic rings. The zero-order chi connectivity index (χ0) is 24.0. The minimum absolute atomic E-state index is 0.105. The number of hydrogen-bond donors (Lipinski definition) is 2. The molecule has 174 valence electrons. The van der Waals surface area contributed by atoms with Crippen LogP contribution >= 0.6 is 11.3 Å². The lowest BCUT2D eigenvalue weighted by Gasteiger charge is -2.37. The molecule has 1 fully saturated rings. The van der Waals surface area contributed by atoms with Crippen molar-refractivity contribution in [3.63, 3.8) is 0 Å². The number of nitrogens with zero attached hydrogens (tertiary/aromatic N) is 5. The number of anilines is 2. The number of nitrogens with two attached hydrogens (primary N) is 2. The van der Waals surface area contributed by atoms with E-state index in [9.17, 15) is 14.4 Å². The molecule has 0 atom stereocenters. The molecule has 2 aromatic carbocycles. The molecule has 4 N–H and O–H groups in total. The number of benzene rings is 2. The second-order valence-corrected chi connectivity index (χ2v) is 8.70. The number of aromatic nitrogens is 1. The Morgan fingerprint density at radius 3 is 2.44 bits per heavy atom. The van der Waals surface area contributed by atoms with E-state index < -0.39 is 11.8 Å². The van der Waals surface area contributed by atoms with Crippen LogP contribution in [0.4, 0.5) is 10.8 Å². The normalized spacial score (nSPS) is 16.4. The number of carbonyl (C=O) groups is 3. The first-order valence-corrected chi connectivity index (χ1v) is 11.3. The molecule has 2 aliphatic heterocycles. The smallest absolute Gasteiger partial charge is 0.278 e. The monoisotopic (exact) mass is 479 g/mol. The number of piperazine rings is 1. The van der Waals surface area contributed by atoms with Gasteiger partial charge in [-0.05, 0) is 18.2 Å². The molecule has 5 rings (SSSR count). The highest BCUT2D eigenvalue weighted by molar-refractivity contribution is 7.13. The van der Waals surface area contributed by atoms with Gasteiger partial charge in [-0.25, -0.2) is 15.8 Å². The van der Waals surface area contributed by atoms with Gasteiger partial charge in [-0.2, -0.15) is 0 Å². The van der Waals surface area contributed by atoms with Crippen molar-refractivity contribution >= 4 is 56.4 Å². The molecule has 11 nitrogen and oxygen atoms in total. The van der Waals surface area contributed by atoms with E-state index in [-0.39, 0.29) is 11.6 Å². The Bertz CT molecular complexity index is 1340. The summed E-state index contributed by atoms with van der Waals surface area (Å²) in [5, 5.41) is 7.94. The van der Waals surface area contributed by atoms with Crippen molar-refractivity contribution in [2.75, 3.05) is 43.9 Å². The third-order valence-electron chi connectivity index (χ3n) is 5.97. The molecule has 34 heavy (non-hydrogen) atoms. The maximum Gasteiger partial charge on any atom is 0.278 e. The Labute approximate surface area is 198 Å². The number of thiazole rings is 1. The third kappa shape index (κ3) is 3.43. The van der Waals surface area contributed by atoms with E-state index in [1.165, 1.54) is 18.4 Å². The Balaban J connectivity index is 1.40. The van der Waals surface area contributed by atoms with E-state index in [2.05, 4.69) is 15.0 Å². The molecule has 1 aromatic heterocycles.